The molecule has 4 aromatic carbocycles. The van der Waals surface area contributed by atoms with Crippen LogP contribution in [0.5, 0.6) is 0 Å². The van der Waals surface area contributed by atoms with E-state index in [4.69, 9.17) is 0 Å². The number of nitrogens with one attached hydrogen (secondary N) is 2. The summed E-state index contributed by atoms with van der Waals surface area (Å²) in [6, 6.07) is 35.2. The van der Waals surface area contributed by atoms with Crippen molar-refractivity contribution < 1.29 is 14.0 Å². The second kappa shape index (κ2) is 13.3. The minimum Gasteiger partial charge on any atom is -0.322 e. The Morgan fingerprint density at radius 1 is 0.909 bits per heavy atom. The van der Waals surface area contributed by atoms with Crippen LogP contribution in [0.1, 0.15) is 55.1 Å². The standard InChI is InChI=1S/C36H28FN3O2S2/c37-31-17-8-7-16-29(31)34(41)39-26-14-9-15-27(21-26)43-33(24-12-5-2-6-13-24)35(42)40-36-30(22-38)28-19-18-25(20-32(28)44-36)23-10-3-1-4-11-23/h1-17,21,25,33H,18-20H2,(H,39,41)(H,40,42). The van der Waals surface area contributed by atoms with E-state index in [1.807, 2.05) is 42.5 Å². The van der Waals surface area contributed by atoms with Gasteiger partial charge in [0.1, 0.15) is 22.1 Å². The molecular formula is C36H28FN3O2S2. The van der Waals surface area contributed by atoms with E-state index in [0.717, 1.165) is 40.2 Å². The monoisotopic (exact) mass is 617 g/mol. The molecule has 8 heteroatoms. The number of carbonyl (C=O) groups is 2. The molecule has 2 amide bonds. The molecule has 0 saturated carbocycles. The molecule has 0 aliphatic heterocycles. The maximum Gasteiger partial charge on any atom is 0.258 e. The van der Waals surface area contributed by atoms with Crippen LogP contribution in [0.15, 0.2) is 114 Å². The third-order valence-corrected chi connectivity index (χ3v) is 10.1. The van der Waals surface area contributed by atoms with Crippen molar-refractivity contribution in [1.29, 1.82) is 5.26 Å². The number of halogens is 1. The van der Waals surface area contributed by atoms with Gasteiger partial charge in [-0.05, 0) is 72.2 Å². The molecule has 0 fully saturated rings. The van der Waals surface area contributed by atoms with Crippen LogP contribution in [0.25, 0.3) is 0 Å². The van der Waals surface area contributed by atoms with E-state index in [-0.39, 0.29) is 11.5 Å². The van der Waals surface area contributed by atoms with E-state index in [0.29, 0.717) is 22.2 Å². The van der Waals surface area contributed by atoms with Gasteiger partial charge in [0.15, 0.2) is 0 Å². The summed E-state index contributed by atoms with van der Waals surface area (Å²) in [5.74, 6) is -1.00. The predicted octanol–water partition coefficient (Wildman–Crippen LogP) is 8.76. The number of fused-ring (bicyclic) bond motifs is 1. The largest absolute Gasteiger partial charge is 0.322 e. The molecule has 44 heavy (non-hydrogen) atoms. The lowest BCUT2D eigenvalue weighted by Crippen LogP contribution is -2.19. The number of thiophene rings is 1. The molecule has 1 aliphatic rings. The third-order valence-electron chi connectivity index (χ3n) is 7.69. The maximum absolute atomic E-state index is 14.1. The van der Waals surface area contributed by atoms with Crippen molar-refractivity contribution in [2.45, 2.75) is 35.3 Å². The molecule has 0 saturated heterocycles. The number of thioether (sulfide) groups is 1. The van der Waals surface area contributed by atoms with Crippen LogP contribution in [0.4, 0.5) is 15.1 Å². The van der Waals surface area contributed by atoms with E-state index in [2.05, 4.69) is 41.0 Å². The van der Waals surface area contributed by atoms with Gasteiger partial charge in [-0.25, -0.2) is 4.39 Å². The van der Waals surface area contributed by atoms with Crippen LogP contribution in [0.2, 0.25) is 0 Å². The molecule has 1 aliphatic carbocycles. The highest BCUT2D eigenvalue weighted by atomic mass is 32.2. The number of hydrogen-bond acceptors (Lipinski definition) is 5. The van der Waals surface area contributed by atoms with Crippen molar-refractivity contribution in [1.82, 2.24) is 0 Å². The summed E-state index contributed by atoms with van der Waals surface area (Å²) in [6.07, 6.45) is 2.60. The van der Waals surface area contributed by atoms with Gasteiger partial charge in [0.2, 0.25) is 5.91 Å². The van der Waals surface area contributed by atoms with Gasteiger partial charge in [0, 0.05) is 15.5 Å². The molecule has 2 atom stereocenters. The highest BCUT2D eigenvalue weighted by Gasteiger charge is 2.29. The summed E-state index contributed by atoms with van der Waals surface area (Å²) < 4.78 is 14.1. The molecule has 2 unspecified atom stereocenters. The molecule has 5 nitrogen and oxygen atoms in total. The summed E-state index contributed by atoms with van der Waals surface area (Å²) in [6.45, 7) is 0. The van der Waals surface area contributed by atoms with E-state index < -0.39 is 17.0 Å². The summed E-state index contributed by atoms with van der Waals surface area (Å²) in [7, 11) is 0. The summed E-state index contributed by atoms with van der Waals surface area (Å²) in [5, 5.41) is 15.9. The zero-order valence-electron chi connectivity index (χ0n) is 23.6. The second-order valence-corrected chi connectivity index (χ2v) is 12.8. The van der Waals surface area contributed by atoms with E-state index in [1.54, 1.807) is 24.3 Å². The lowest BCUT2D eigenvalue weighted by molar-refractivity contribution is -0.115. The number of carbonyl (C=O) groups excluding carboxylic acids is 2. The van der Waals surface area contributed by atoms with Gasteiger partial charge in [-0.1, -0.05) is 78.9 Å². The first-order chi connectivity index (χ1) is 21.5. The number of nitriles is 1. The molecular weight excluding hydrogens is 590 g/mol. The summed E-state index contributed by atoms with van der Waals surface area (Å²) in [5.41, 5.74) is 4.14. The fourth-order valence-corrected chi connectivity index (χ4v) is 7.87. The van der Waals surface area contributed by atoms with Crippen LogP contribution < -0.4 is 10.6 Å². The van der Waals surface area contributed by atoms with E-state index >= 15 is 0 Å². The number of benzene rings is 4. The highest BCUT2D eigenvalue weighted by molar-refractivity contribution is 8.00. The van der Waals surface area contributed by atoms with Crippen molar-refractivity contribution in [3.8, 4) is 6.07 Å². The van der Waals surface area contributed by atoms with Crippen LogP contribution in [-0.4, -0.2) is 11.8 Å². The SMILES string of the molecule is N#Cc1c(NC(=O)C(Sc2cccc(NC(=O)c3ccccc3F)c2)c2ccccc2)sc2c1CCC(c1ccccc1)C2. The first-order valence-electron chi connectivity index (χ1n) is 14.3. The Balaban J connectivity index is 1.23. The molecule has 5 aromatic rings. The van der Waals surface area contributed by atoms with Crippen LogP contribution in [-0.2, 0) is 17.6 Å². The van der Waals surface area contributed by atoms with Gasteiger partial charge >= 0.3 is 0 Å². The predicted molar refractivity (Wildman–Crippen MR) is 175 cm³/mol. The number of amides is 2. The number of rotatable bonds is 8. The normalized spacial score (nSPS) is 14.6. The molecule has 0 spiro atoms. The topological polar surface area (TPSA) is 82.0 Å². The van der Waals surface area contributed by atoms with Gasteiger partial charge in [-0.15, -0.1) is 23.1 Å². The average molecular weight is 618 g/mol. The molecule has 1 aromatic heterocycles. The van der Waals surface area contributed by atoms with Crippen LogP contribution in [0, 0.1) is 17.1 Å². The summed E-state index contributed by atoms with van der Waals surface area (Å²) in [4.78, 5) is 28.5. The van der Waals surface area contributed by atoms with Gasteiger partial charge in [-0.2, -0.15) is 5.26 Å². The molecule has 1 heterocycles. The summed E-state index contributed by atoms with van der Waals surface area (Å²) >= 11 is 2.84. The van der Waals surface area contributed by atoms with E-state index in [9.17, 15) is 19.2 Å². The van der Waals surface area contributed by atoms with Crippen molar-refractivity contribution in [3.63, 3.8) is 0 Å². The quantitative estimate of drug-likeness (QED) is 0.171. The second-order valence-electron chi connectivity index (χ2n) is 10.5. The van der Waals surface area contributed by atoms with Gasteiger partial charge in [0.05, 0.1) is 11.1 Å². The fourth-order valence-electron chi connectivity index (χ4n) is 5.51. The number of anilines is 2. The Labute approximate surface area is 263 Å². The fraction of sp³-hybridized carbons (Fsp3) is 0.139. The van der Waals surface area contributed by atoms with Crippen molar-refractivity contribution in [2.75, 3.05) is 10.6 Å². The number of hydrogen-bond donors (Lipinski definition) is 2. The molecule has 0 bridgehead atoms. The lowest BCUT2D eigenvalue weighted by atomic mass is 9.83. The first kappa shape index (κ1) is 29.4. The first-order valence-corrected chi connectivity index (χ1v) is 16.0. The Morgan fingerprint density at radius 3 is 2.39 bits per heavy atom. The Morgan fingerprint density at radius 2 is 1.64 bits per heavy atom. The van der Waals surface area contributed by atoms with Gasteiger partial charge in [-0.3, -0.25) is 9.59 Å². The Hall–Kier alpha value is -4.71. The molecule has 218 valence electrons. The van der Waals surface area contributed by atoms with Gasteiger partial charge in [0.25, 0.3) is 5.91 Å². The van der Waals surface area contributed by atoms with Gasteiger partial charge < -0.3 is 10.6 Å². The van der Waals surface area contributed by atoms with Crippen molar-refractivity contribution >= 4 is 45.6 Å². The molecule has 0 radical (unpaired) electrons. The van der Waals surface area contributed by atoms with E-state index in [1.165, 1.54) is 46.9 Å². The van der Waals surface area contributed by atoms with Crippen molar-refractivity contribution in [2.24, 2.45) is 0 Å². The molecule has 6 rings (SSSR count). The maximum atomic E-state index is 14.1. The Bertz CT molecular complexity index is 1850. The molecule has 2 N–H and O–H groups in total. The van der Waals surface area contributed by atoms with Crippen LogP contribution >= 0.6 is 23.1 Å². The number of nitrogens with zero attached hydrogens (tertiary/aromatic N) is 1. The Kier molecular flexibility index (Phi) is 8.87. The van der Waals surface area contributed by atoms with Crippen LogP contribution in [0.3, 0.4) is 0 Å². The smallest absolute Gasteiger partial charge is 0.258 e. The average Bonchev–Trinajstić information content (AvgIpc) is 3.40. The minimum absolute atomic E-state index is 0.0471. The zero-order chi connectivity index (χ0) is 30.5. The third kappa shape index (κ3) is 6.45. The lowest BCUT2D eigenvalue weighted by Gasteiger charge is -2.22. The zero-order valence-corrected chi connectivity index (χ0v) is 25.3. The van der Waals surface area contributed by atoms with Crippen molar-refractivity contribution in [3.05, 3.63) is 148 Å². The minimum atomic E-state index is -0.628. The highest BCUT2D eigenvalue weighted by Crippen LogP contribution is 2.43.